The number of aryl methyl sites for hydroxylation is 1. The monoisotopic (exact) mass is 215 g/mol. The fourth-order valence-corrected chi connectivity index (χ4v) is 2.27. The van der Waals surface area contributed by atoms with E-state index in [1.165, 1.54) is 0 Å². The zero-order valence-corrected chi connectivity index (χ0v) is 9.01. The Morgan fingerprint density at radius 3 is 3.13 bits per heavy atom. The molecule has 0 amide bonds. The maximum atomic E-state index is 4.47. The standard InChI is InChI=1S/C11H9N3S/c1-7-14-10(6-15-7)9-5-13-11-8(9)3-2-4-12-11/h2-6H,1H3,(H,12,13). The molecule has 3 nitrogen and oxygen atoms in total. The van der Waals surface area contributed by atoms with Crippen molar-refractivity contribution in [2.45, 2.75) is 6.92 Å². The number of nitrogens with zero attached hydrogens (tertiary/aromatic N) is 2. The number of rotatable bonds is 1. The average Bonchev–Trinajstić information content (AvgIpc) is 2.83. The number of fused-ring (bicyclic) bond motifs is 1. The van der Waals surface area contributed by atoms with Crippen LogP contribution in [0.25, 0.3) is 22.3 Å². The molecule has 1 N–H and O–H groups in total. The van der Waals surface area contributed by atoms with Crippen molar-refractivity contribution < 1.29 is 0 Å². The fourth-order valence-electron chi connectivity index (χ4n) is 1.65. The van der Waals surface area contributed by atoms with E-state index in [-0.39, 0.29) is 0 Å². The van der Waals surface area contributed by atoms with E-state index in [2.05, 4.69) is 26.4 Å². The molecule has 3 aromatic heterocycles. The SMILES string of the molecule is Cc1nc(-c2c[nH]c3ncccc23)cs1. The molecule has 3 rings (SSSR count). The Balaban J connectivity index is 2.27. The zero-order valence-electron chi connectivity index (χ0n) is 8.19. The maximum absolute atomic E-state index is 4.47. The van der Waals surface area contributed by atoms with Crippen molar-refractivity contribution in [3.63, 3.8) is 0 Å². The second kappa shape index (κ2) is 3.17. The minimum atomic E-state index is 0.915. The first-order valence-corrected chi connectivity index (χ1v) is 5.57. The third kappa shape index (κ3) is 1.34. The van der Waals surface area contributed by atoms with Crippen LogP contribution in [0.4, 0.5) is 0 Å². The van der Waals surface area contributed by atoms with E-state index >= 15 is 0 Å². The summed E-state index contributed by atoms with van der Waals surface area (Å²) in [4.78, 5) is 11.9. The molecule has 0 saturated carbocycles. The second-order valence-corrected chi connectivity index (χ2v) is 4.42. The van der Waals surface area contributed by atoms with Gasteiger partial charge in [-0.1, -0.05) is 0 Å². The minimum absolute atomic E-state index is 0.915. The van der Waals surface area contributed by atoms with Gasteiger partial charge in [0, 0.05) is 28.7 Å². The number of hydrogen-bond acceptors (Lipinski definition) is 3. The molecule has 15 heavy (non-hydrogen) atoms. The summed E-state index contributed by atoms with van der Waals surface area (Å²) in [5.74, 6) is 0. The lowest BCUT2D eigenvalue weighted by atomic mass is 10.2. The second-order valence-electron chi connectivity index (χ2n) is 3.35. The smallest absolute Gasteiger partial charge is 0.137 e. The van der Waals surface area contributed by atoms with Crippen LogP contribution >= 0.6 is 11.3 Å². The first-order chi connectivity index (χ1) is 7.34. The number of aromatic nitrogens is 3. The van der Waals surface area contributed by atoms with Gasteiger partial charge in [-0.05, 0) is 19.1 Å². The van der Waals surface area contributed by atoms with Crippen LogP contribution in [-0.2, 0) is 0 Å². The topological polar surface area (TPSA) is 41.6 Å². The third-order valence-electron chi connectivity index (χ3n) is 2.35. The minimum Gasteiger partial charge on any atom is -0.345 e. The predicted molar refractivity (Wildman–Crippen MR) is 61.9 cm³/mol. The Labute approximate surface area is 90.8 Å². The van der Waals surface area contributed by atoms with Gasteiger partial charge in [0.15, 0.2) is 0 Å². The summed E-state index contributed by atoms with van der Waals surface area (Å²) in [6, 6.07) is 4.00. The van der Waals surface area contributed by atoms with Crippen LogP contribution in [0.15, 0.2) is 29.9 Å². The zero-order chi connectivity index (χ0) is 10.3. The first kappa shape index (κ1) is 8.61. The highest BCUT2D eigenvalue weighted by molar-refractivity contribution is 7.09. The van der Waals surface area contributed by atoms with E-state index in [1.807, 2.05) is 19.2 Å². The van der Waals surface area contributed by atoms with Gasteiger partial charge in [-0.2, -0.15) is 0 Å². The summed E-state index contributed by atoms with van der Waals surface area (Å²) in [7, 11) is 0. The number of hydrogen-bond donors (Lipinski definition) is 1. The van der Waals surface area contributed by atoms with E-state index in [0.717, 1.165) is 27.3 Å². The summed E-state index contributed by atoms with van der Waals surface area (Å²) < 4.78 is 0. The first-order valence-electron chi connectivity index (χ1n) is 4.69. The van der Waals surface area contributed by atoms with Gasteiger partial charge in [-0.25, -0.2) is 9.97 Å². The molecular weight excluding hydrogens is 206 g/mol. The van der Waals surface area contributed by atoms with Crippen molar-refractivity contribution in [1.82, 2.24) is 15.0 Å². The van der Waals surface area contributed by atoms with Crippen molar-refractivity contribution >= 4 is 22.4 Å². The van der Waals surface area contributed by atoms with Gasteiger partial charge >= 0.3 is 0 Å². The van der Waals surface area contributed by atoms with Crippen LogP contribution in [0.2, 0.25) is 0 Å². The molecule has 0 fully saturated rings. The summed E-state index contributed by atoms with van der Waals surface area (Å²) in [5, 5.41) is 4.29. The van der Waals surface area contributed by atoms with E-state index in [1.54, 1.807) is 17.5 Å². The Bertz CT molecular complexity index is 609. The van der Waals surface area contributed by atoms with Gasteiger partial charge in [-0.15, -0.1) is 11.3 Å². The molecule has 0 aliphatic heterocycles. The largest absolute Gasteiger partial charge is 0.345 e. The molecular formula is C11H9N3S. The average molecular weight is 215 g/mol. The Kier molecular flexibility index (Phi) is 1.82. The lowest BCUT2D eigenvalue weighted by Crippen LogP contribution is -1.76. The van der Waals surface area contributed by atoms with Crippen LogP contribution < -0.4 is 0 Å². The van der Waals surface area contributed by atoms with Gasteiger partial charge in [0.2, 0.25) is 0 Å². The maximum Gasteiger partial charge on any atom is 0.137 e. The van der Waals surface area contributed by atoms with Gasteiger partial charge in [0.1, 0.15) is 5.65 Å². The van der Waals surface area contributed by atoms with Gasteiger partial charge in [-0.3, -0.25) is 0 Å². The Hall–Kier alpha value is -1.68. The molecule has 0 spiro atoms. The van der Waals surface area contributed by atoms with Crippen LogP contribution in [0.5, 0.6) is 0 Å². The number of aromatic amines is 1. The lowest BCUT2D eigenvalue weighted by molar-refractivity contribution is 1.30. The lowest BCUT2D eigenvalue weighted by Gasteiger charge is -1.92. The summed E-state index contributed by atoms with van der Waals surface area (Å²) in [6.45, 7) is 2.02. The predicted octanol–water partition coefficient (Wildman–Crippen LogP) is 2.99. The fraction of sp³-hybridized carbons (Fsp3) is 0.0909. The molecule has 0 bridgehead atoms. The summed E-state index contributed by atoms with van der Waals surface area (Å²) in [5.41, 5.74) is 3.07. The molecule has 0 aliphatic rings. The molecule has 0 aromatic carbocycles. The van der Waals surface area contributed by atoms with Crippen molar-refractivity contribution in [2.24, 2.45) is 0 Å². The summed E-state index contributed by atoms with van der Waals surface area (Å²) in [6.07, 6.45) is 3.75. The highest BCUT2D eigenvalue weighted by Gasteiger charge is 2.08. The van der Waals surface area contributed by atoms with E-state index in [4.69, 9.17) is 0 Å². The summed E-state index contributed by atoms with van der Waals surface area (Å²) >= 11 is 1.67. The highest BCUT2D eigenvalue weighted by Crippen LogP contribution is 2.27. The Morgan fingerprint density at radius 2 is 2.33 bits per heavy atom. The molecule has 3 heterocycles. The molecule has 0 unspecified atom stereocenters. The van der Waals surface area contributed by atoms with Crippen molar-refractivity contribution in [3.8, 4) is 11.3 Å². The van der Waals surface area contributed by atoms with Crippen LogP contribution in [0, 0.1) is 6.92 Å². The van der Waals surface area contributed by atoms with Gasteiger partial charge in [0.25, 0.3) is 0 Å². The van der Waals surface area contributed by atoms with Crippen molar-refractivity contribution in [1.29, 1.82) is 0 Å². The van der Waals surface area contributed by atoms with Gasteiger partial charge in [0.05, 0.1) is 10.7 Å². The van der Waals surface area contributed by atoms with Crippen molar-refractivity contribution in [2.75, 3.05) is 0 Å². The third-order valence-corrected chi connectivity index (χ3v) is 3.12. The molecule has 4 heteroatoms. The highest BCUT2D eigenvalue weighted by atomic mass is 32.1. The number of nitrogens with one attached hydrogen (secondary N) is 1. The Morgan fingerprint density at radius 1 is 1.40 bits per heavy atom. The molecule has 0 aliphatic carbocycles. The molecule has 74 valence electrons. The molecule has 0 saturated heterocycles. The van der Waals surface area contributed by atoms with E-state index in [0.29, 0.717) is 0 Å². The number of thiazole rings is 1. The van der Waals surface area contributed by atoms with Crippen LogP contribution in [0.3, 0.4) is 0 Å². The molecule has 0 radical (unpaired) electrons. The quantitative estimate of drug-likeness (QED) is 0.678. The normalized spacial score (nSPS) is 11.0. The number of pyridine rings is 1. The van der Waals surface area contributed by atoms with Crippen molar-refractivity contribution in [3.05, 3.63) is 34.9 Å². The molecule has 0 atom stereocenters. The van der Waals surface area contributed by atoms with Crippen LogP contribution in [0.1, 0.15) is 5.01 Å². The van der Waals surface area contributed by atoms with Gasteiger partial charge < -0.3 is 4.98 Å². The van der Waals surface area contributed by atoms with E-state index in [9.17, 15) is 0 Å². The number of H-pyrrole nitrogens is 1. The molecule has 3 aromatic rings. The van der Waals surface area contributed by atoms with E-state index < -0.39 is 0 Å². The van der Waals surface area contributed by atoms with Crippen LogP contribution in [-0.4, -0.2) is 15.0 Å².